The maximum Gasteiger partial charge on any atom is 0.0923 e. The molecular weight excluding hydrogens is 216 g/mol. The number of hydrogen-bond donors (Lipinski definition) is 3. The smallest absolute Gasteiger partial charge is 0.0923 e. The van der Waals surface area contributed by atoms with Crippen LogP contribution in [0.2, 0.25) is 0 Å². The molecule has 0 bridgehead atoms. The Hall–Kier alpha value is -1.65. The Labute approximate surface area is 99.9 Å². The molecule has 0 spiro atoms. The van der Waals surface area contributed by atoms with Gasteiger partial charge in [0.1, 0.15) is 0 Å². The van der Waals surface area contributed by atoms with Gasteiger partial charge in [-0.15, -0.1) is 0 Å². The van der Waals surface area contributed by atoms with Crippen LogP contribution in [0.3, 0.4) is 0 Å². The molecule has 2 aromatic rings. The lowest BCUT2D eigenvalue weighted by atomic mass is 10.1. The summed E-state index contributed by atoms with van der Waals surface area (Å²) < 4.78 is 0. The third kappa shape index (κ3) is 3.15. The number of benzene rings is 1. The van der Waals surface area contributed by atoms with E-state index in [4.69, 9.17) is 5.11 Å². The standard InChI is InChI=1S/C13H16N2O2/c16-9-12(17)7-6-11-8-13(15-14-11)10-4-2-1-3-5-10/h1-5,8,12,16-17H,6-7,9H2,(H,14,15)/t12-/m0/s1. The topological polar surface area (TPSA) is 69.1 Å². The van der Waals surface area contributed by atoms with Crippen LogP contribution >= 0.6 is 0 Å². The molecule has 0 aliphatic rings. The second-order valence-corrected chi connectivity index (χ2v) is 4.02. The first kappa shape index (κ1) is 11.8. The summed E-state index contributed by atoms with van der Waals surface area (Å²) in [5.41, 5.74) is 2.94. The van der Waals surface area contributed by atoms with Crippen LogP contribution in [-0.4, -0.2) is 33.1 Å². The highest BCUT2D eigenvalue weighted by atomic mass is 16.3. The first-order valence-corrected chi connectivity index (χ1v) is 5.68. The van der Waals surface area contributed by atoms with Crippen molar-refractivity contribution in [1.29, 1.82) is 0 Å². The minimum atomic E-state index is -0.654. The Kier molecular flexibility index (Phi) is 3.90. The fourth-order valence-electron chi connectivity index (χ4n) is 1.66. The maximum absolute atomic E-state index is 9.26. The van der Waals surface area contributed by atoms with E-state index in [-0.39, 0.29) is 6.61 Å². The van der Waals surface area contributed by atoms with Gasteiger partial charge in [0.2, 0.25) is 0 Å². The number of nitrogens with zero attached hydrogens (tertiary/aromatic N) is 1. The van der Waals surface area contributed by atoms with Crippen LogP contribution in [0.5, 0.6) is 0 Å². The zero-order valence-corrected chi connectivity index (χ0v) is 9.50. The summed E-state index contributed by atoms with van der Waals surface area (Å²) >= 11 is 0. The predicted molar refractivity (Wildman–Crippen MR) is 65.4 cm³/mol. The van der Waals surface area contributed by atoms with Crippen molar-refractivity contribution >= 4 is 0 Å². The average Bonchev–Trinajstić information content (AvgIpc) is 2.86. The summed E-state index contributed by atoms with van der Waals surface area (Å²) in [5.74, 6) is 0. The molecule has 1 aromatic carbocycles. The normalized spacial score (nSPS) is 12.6. The zero-order valence-electron chi connectivity index (χ0n) is 9.50. The molecule has 0 radical (unpaired) electrons. The zero-order chi connectivity index (χ0) is 12.1. The predicted octanol–water partition coefficient (Wildman–Crippen LogP) is 1.36. The van der Waals surface area contributed by atoms with E-state index in [1.807, 2.05) is 36.4 Å². The molecule has 4 nitrogen and oxygen atoms in total. The summed E-state index contributed by atoms with van der Waals surface area (Å²) in [6.07, 6.45) is 0.563. The number of hydrogen-bond acceptors (Lipinski definition) is 3. The van der Waals surface area contributed by atoms with E-state index in [1.54, 1.807) is 0 Å². The molecule has 1 heterocycles. The van der Waals surface area contributed by atoms with E-state index in [0.717, 1.165) is 17.0 Å². The molecule has 0 unspecified atom stereocenters. The third-order valence-corrected chi connectivity index (χ3v) is 2.66. The third-order valence-electron chi connectivity index (χ3n) is 2.66. The van der Waals surface area contributed by atoms with Crippen molar-refractivity contribution in [2.45, 2.75) is 18.9 Å². The quantitative estimate of drug-likeness (QED) is 0.729. The highest BCUT2D eigenvalue weighted by Crippen LogP contribution is 2.17. The molecule has 17 heavy (non-hydrogen) atoms. The number of aromatic amines is 1. The second-order valence-electron chi connectivity index (χ2n) is 4.02. The van der Waals surface area contributed by atoms with Gasteiger partial charge in [-0.2, -0.15) is 5.10 Å². The highest BCUT2D eigenvalue weighted by molar-refractivity contribution is 5.58. The van der Waals surface area contributed by atoms with Gasteiger partial charge in [0, 0.05) is 11.3 Å². The van der Waals surface area contributed by atoms with E-state index < -0.39 is 6.10 Å². The van der Waals surface area contributed by atoms with Crippen molar-refractivity contribution in [1.82, 2.24) is 10.2 Å². The Balaban J connectivity index is 2.01. The Morgan fingerprint density at radius 2 is 2.00 bits per heavy atom. The molecule has 4 heteroatoms. The van der Waals surface area contributed by atoms with Gasteiger partial charge in [-0.1, -0.05) is 30.3 Å². The Bertz CT molecular complexity index is 453. The summed E-state index contributed by atoms with van der Waals surface area (Å²) in [6, 6.07) is 11.9. The fourth-order valence-corrected chi connectivity index (χ4v) is 1.66. The number of aromatic nitrogens is 2. The summed E-state index contributed by atoms with van der Waals surface area (Å²) in [5, 5.41) is 25.1. The molecule has 0 aliphatic carbocycles. The molecule has 90 valence electrons. The highest BCUT2D eigenvalue weighted by Gasteiger charge is 2.06. The Morgan fingerprint density at radius 3 is 2.71 bits per heavy atom. The van der Waals surface area contributed by atoms with Crippen molar-refractivity contribution in [3.05, 3.63) is 42.1 Å². The molecule has 1 atom stereocenters. The van der Waals surface area contributed by atoms with E-state index in [2.05, 4.69) is 10.2 Å². The van der Waals surface area contributed by atoms with Gasteiger partial charge in [0.25, 0.3) is 0 Å². The maximum atomic E-state index is 9.26. The summed E-state index contributed by atoms with van der Waals surface area (Å²) in [4.78, 5) is 0. The van der Waals surface area contributed by atoms with Crippen molar-refractivity contribution in [3.8, 4) is 11.3 Å². The number of rotatable bonds is 5. The van der Waals surface area contributed by atoms with Gasteiger partial charge in [0.15, 0.2) is 0 Å². The van der Waals surface area contributed by atoms with Crippen LogP contribution in [0.15, 0.2) is 36.4 Å². The number of aryl methyl sites for hydroxylation is 1. The molecule has 0 fully saturated rings. The van der Waals surface area contributed by atoms with Gasteiger partial charge in [-0.25, -0.2) is 0 Å². The number of H-pyrrole nitrogens is 1. The van der Waals surface area contributed by atoms with Crippen LogP contribution in [0.4, 0.5) is 0 Å². The summed E-state index contributed by atoms with van der Waals surface area (Å²) in [6.45, 7) is -0.195. The molecule has 0 saturated heterocycles. The first-order chi connectivity index (χ1) is 8.29. The van der Waals surface area contributed by atoms with Crippen LogP contribution in [0.25, 0.3) is 11.3 Å². The van der Waals surface area contributed by atoms with Crippen LogP contribution in [-0.2, 0) is 6.42 Å². The minimum Gasteiger partial charge on any atom is -0.394 e. The number of aliphatic hydroxyl groups is 2. The van der Waals surface area contributed by atoms with Crippen molar-refractivity contribution in [2.24, 2.45) is 0 Å². The van der Waals surface area contributed by atoms with E-state index in [1.165, 1.54) is 0 Å². The average molecular weight is 232 g/mol. The van der Waals surface area contributed by atoms with Gasteiger partial charge in [-0.3, -0.25) is 5.10 Å². The van der Waals surface area contributed by atoms with Gasteiger partial charge in [-0.05, 0) is 18.9 Å². The molecule has 0 amide bonds. The monoisotopic (exact) mass is 232 g/mol. The van der Waals surface area contributed by atoms with E-state index in [0.29, 0.717) is 12.8 Å². The van der Waals surface area contributed by atoms with Gasteiger partial charge in [0.05, 0.1) is 18.4 Å². The van der Waals surface area contributed by atoms with Crippen molar-refractivity contribution in [2.75, 3.05) is 6.61 Å². The lowest BCUT2D eigenvalue weighted by Crippen LogP contribution is -2.12. The summed E-state index contributed by atoms with van der Waals surface area (Å²) in [7, 11) is 0. The van der Waals surface area contributed by atoms with Crippen molar-refractivity contribution in [3.63, 3.8) is 0 Å². The van der Waals surface area contributed by atoms with Crippen LogP contribution < -0.4 is 0 Å². The number of nitrogens with one attached hydrogen (secondary N) is 1. The molecular formula is C13H16N2O2. The lowest BCUT2D eigenvalue weighted by Gasteiger charge is -2.03. The Morgan fingerprint density at radius 1 is 1.24 bits per heavy atom. The van der Waals surface area contributed by atoms with Gasteiger partial charge < -0.3 is 10.2 Å². The number of aliphatic hydroxyl groups excluding tert-OH is 2. The molecule has 2 rings (SSSR count). The molecule has 0 saturated carbocycles. The largest absolute Gasteiger partial charge is 0.394 e. The second kappa shape index (κ2) is 5.61. The van der Waals surface area contributed by atoms with Crippen LogP contribution in [0.1, 0.15) is 12.1 Å². The van der Waals surface area contributed by atoms with E-state index >= 15 is 0 Å². The molecule has 3 N–H and O–H groups in total. The van der Waals surface area contributed by atoms with Gasteiger partial charge >= 0.3 is 0 Å². The lowest BCUT2D eigenvalue weighted by molar-refractivity contribution is 0.0884. The van der Waals surface area contributed by atoms with Crippen LogP contribution in [0, 0.1) is 0 Å². The van der Waals surface area contributed by atoms with Crippen molar-refractivity contribution < 1.29 is 10.2 Å². The SMILES string of the molecule is OC[C@@H](O)CCc1cc(-c2ccccc2)n[nH]1. The van der Waals surface area contributed by atoms with E-state index in [9.17, 15) is 5.11 Å². The molecule has 1 aromatic heterocycles. The minimum absolute atomic E-state index is 0.195. The fraction of sp³-hybridized carbons (Fsp3) is 0.308. The first-order valence-electron chi connectivity index (χ1n) is 5.68. The molecule has 0 aliphatic heterocycles.